The summed E-state index contributed by atoms with van der Waals surface area (Å²) in [6.07, 6.45) is 6.79. The summed E-state index contributed by atoms with van der Waals surface area (Å²) in [6.45, 7) is 2.72. The molecule has 0 aliphatic heterocycles. The smallest absolute Gasteiger partial charge is 0.319 e. The third-order valence-corrected chi connectivity index (χ3v) is 3.05. The first-order valence-electron chi connectivity index (χ1n) is 6.66. The van der Waals surface area contributed by atoms with Gasteiger partial charge in [-0.25, -0.2) is 4.98 Å². The normalized spacial score (nSPS) is 23.7. The Morgan fingerprint density at radius 2 is 2.11 bits per heavy atom. The molecule has 0 spiro atoms. The Balaban J connectivity index is 1.88. The highest BCUT2D eigenvalue weighted by molar-refractivity contribution is 5.11. The maximum Gasteiger partial charge on any atom is 0.319 e. The summed E-state index contributed by atoms with van der Waals surface area (Å²) in [6, 6.07) is 2.48. The lowest BCUT2D eigenvalue weighted by Gasteiger charge is -2.25. The molecule has 0 amide bonds. The summed E-state index contributed by atoms with van der Waals surface area (Å²) in [4.78, 5) is 8.35. The molecule has 0 atom stereocenters. The molecule has 1 aliphatic rings. The van der Waals surface area contributed by atoms with Crippen molar-refractivity contribution in [1.82, 2.24) is 9.97 Å². The van der Waals surface area contributed by atoms with Crippen LogP contribution in [0.15, 0.2) is 12.3 Å². The van der Waals surface area contributed by atoms with Gasteiger partial charge >= 0.3 is 6.01 Å². The van der Waals surface area contributed by atoms with E-state index in [0.717, 1.165) is 32.1 Å². The number of rotatable bonds is 5. The zero-order chi connectivity index (χ0) is 12.8. The Bertz CT molecular complexity index is 365. The van der Waals surface area contributed by atoms with E-state index in [0.29, 0.717) is 24.5 Å². The SMILES string of the molecule is CCCOc1ccnc(OC2CCC(N)CC2)n1. The van der Waals surface area contributed by atoms with E-state index in [-0.39, 0.29) is 6.10 Å². The van der Waals surface area contributed by atoms with E-state index in [1.807, 2.05) is 0 Å². The standard InChI is InChI=1S/C13H21N3O2/c1-2-9-17-12-7-8-15-13(16-12)18-11-5-3-10(14)4-6-11/h7-8,10-11H,2-6,9,14H2,1H3. The van der Waals surface area contributed by atoms with Crippen molar-refractivity contribution >= 4 is 0 Å². The maximum atomic E-state index is 5.86. The molecule has 5 nitrogen and oxygen atoms in total. The molecule has 0 bridgehead atoms. The Morgan fingerprint density at radius 1 is 1.33 bits per heavy atom. The molecule has 100 valence electrons. The summed E-state index contributed by atoms with van der Waals surface area (Å²) in [5.74, 6) is 0.578. The van der Waals surface area contributed by atoms with Gasteiger partial charge in [0.15, 0.2) is 0 Å². The average molecular weight is 251 g/mol. The van der Waals surface area contributed by atoms with Crippen LogP contribution in [-0.4, -0.2) is 28.7 Å². The van der Waals surface area contributed by atoms with Crippen LogP contribution in [0.25, 0.3) is 0 Å². The van der Waals surface area contributed by atoms with Crippen LogP contribution in [0, 0.1) is 0 Å². The van der Waals surface area contributed by atoms with Crippen molar-refractivity contribution < 1.29 is 9.47 Å². The van der Waals surface area contributed by atoms with Gasteiger partial charge in [-0.2, -0.15) is 4.98 Å². The molecule has 2 rings (SSSR count). The molecule has 0 saturated heterocycles. The second-order valence-electron chi connectivity index (χ2n) is 4.68. The first-order valence-corrected chi connectivity index (χ1v) is 6.66. The van der Waals surface area contributed by atoms with Gasteiger partial charge < -0.3 is 15.2 Å². The highest BCUT2D eigenvalue weighted by Crippen LogP contribution is 2.21. The lowest BCUT2D eigenvalue weighted by Crippen LogP contribution is -2.32. The van der Waals surface area contributed by atoms with Gasteiger partial charge in [0, 0.05) is 18.3 Å². The third kappa shape index (κ3) is 3.84. The summed E-state index contributed by atoms with van der Waals surface area (Å²) < 4.78 is 11.2. The van der Waals surface area contributed by atoms with E-state index in [1.165, 1.54) is 0 Å². The summed E-state index contributed by atoms with van der Waals surface area (Å²) >= 11 is 0. The zero-order valence-electron chi connectivity index (χ0n) is 10.8. The Morgan fingerprint density at radius 3 is 2.83 bits per heavy atom. The zero-order valence-corrected chi connectivity index (χ0v) is 10.8. The van der Waals surface area contributed by atoms with Gasteiger partial charge in [0.25, 0.3) is 0 Å². The van der Waals surface area contributed by atoms with Crippen molar-refractivity contribution in [1.29, 1.82) is 0 Å². The first kappa shape index (κ1) is 13.1. The van der Waals surface area contributed by atoms with E-state index < -0.39 is 0 Å². The van der Waals surface area contributed by atoms with Gasteiger partial charge in [-0.05, 0) is 32.1 Å². The second-order valence-corrected chi connectivity index (χ2v) is 4.68. The van der Waals surface area contributed by atoms with E-state index in [9.17, 15) is 0 Å². The topological polar surface area (TPSA) is 70.3 Å². The van der Waals surface area contributed by atoms with E-state index >= 15 is 0 Å². The van der Waals surface area contributed by atoms with E-state index in [2.05, 4.69) is 16.9 Å². The number of nitrogens with two attached hydrogens (primary N) is 1. The van der Waals surface area contributed by atoms with Gasteiger partial charge in [0.2, 0.25) is 5.88 Å². The van der Waals surface area contributed by atoms with Crippen molar-refractivity contribution in [2.45, 2.75) is 51.2 Å². The predicted molar refractivity (Wildman–Crippen MR) is 68.7 cm³/mol. The minimum Gasteiger partial charge on any atom is -0.478 e. The molecule has 1 fully saturated rings. The lowest BCUT2D eigenvalue weighted by atomic mass is 9.94. The minimum atomic E-state index is 0.186. The summed E-state index contributed by atoms with van der Waals surface area (Å²) in [7, 11) is 0. The van der Waals surface area contributed by atoms with Crippen molar-refractivity contribution in [2.24, 2.45) is 5.73 Å². The molecular formula is C13H21N3O2. The highest BCUT2D eigenvalue weighted by Gasteiger charge is 2.20. The van der Waals surface area contributed by atoms with Crippen LogP contribution in [-0.2, 0) is 0 Å². The van der Waals surface area contributed by atoms with Crippen molar-refractivity contribution in [3.05, 3.63) is 12.3 Å². The molecular weight excluding hydrogens is 230 g/mol. The van der Waals surface area contributed by atoms with Crippen LogP contribution in [0.2, 0.25) is 0 Å². The number of hydrogen-bond donors (Lipinski definition) is 1. The third-order valence-electron chi connectivity index (χ3n) is 3.05. The Hall–Kier alpha value is -1.36. The molecule has 1 saturated carbocycles. The minimum absolute atomic E-state index is 0.186. The Kier molecular flexibility index (Phi) is 4.75. The van der Waals surface area contributed by atoms with Gasteiger partial charge in [-0.1, -0.05) is 6.92 Å². The fraction of sp³-hybridized carbons (Fsp3) is 0.692. The van der Waals surface area contributed by atoms with Crippen LogP contribution in [0.1, 0.15) is 39.0 Å². The molecule has 1 heterocycles. The molecule has 5 heteroatoms. The predicted octanol–water partition coefficient (Wildman–Crippen LogP) is 1.91. The molecule has 1 aromatic rings. The van der Waals surface area contributed by atoms with Crippen molar-refractivity contribution in [2.75, 3.05) is 6.61 Å². The van der Waals surface area contributed by atoms with Gasteiger partial charge in [0.05, 0.1) is 6.61 Å². The Labute approximate surface area is 108 Å². The molecule has 2 N–H and O–H groups in total. The maximum absolute atomic E-state index is 5.86. The van der Waals surface area contributed by atoms with Crippen LogP contribution in [0.4, 0.5) is 0 Å². The highest BCUT2D eigenvalue weighted by atomic mass is 16.5. The molecule has 1 aliphatic carbocycles. The average Bonchev–Trinajstić information content (AvgIpc) is 2.40. The second kappa shape index (κ2) is 6.54. The van der Waals surface area contributed by atoms with Crippen molar-refractivity contribution in [3.63, 3.8) is 0 Å². The first-order chi connectivity index (χ1) is 8.78. The van der Waals surface area contributed by atoms with Gasteiger partial charge in [-0.3, -0.25) is 0 Å². The number of ether oxygens (including phenoxy) is 2. The van der Waals surface area contributed by atoms with E-state index in [4.69, 9.17) is 15.2 Å². The lowest BCUT2D eigenvalue weighted by molar-refractivity contribution is 0.133. The van der Waals surface area contributed by atoms with Crippen molar-refractivity contribution in [3.8, 4) is 11.9 Å². The quantitative estimate of drug-likeness (QED) is 0.865. The van der Waals surface area contributed by atoms with Crippen LogP contribution < -0.4 is 15.2 Å². The monoisotopic (exact) mass is 251 g/mol. The largest absolute Gasteiger partial charge is 0.478 e. The van der Waals surface area contributed by atoms with Crippen LogP contribution in [0.5, 0.6) is 11.9 Å². The fourth-order valence-corrected chi connectivity index (χ4v) is 2.02. The van der Waals surface area contributed by atoms with Crippen LogP contribution in [0.3, 0.4) is 0 Å². The van der Waals surface area contributed by atoms with E-state index in [1.54, 1.807) is 12.3 Å². The molecule has 1 aromatic heterocycles. The molecule has 0 unspecified atom stereocenters. The van der Waals surface area contributed by atoms with Gasteiger partial charge in [0.1, 0.15) is 6.10 Å². The van der Waals surface area contributed by atoms with Gasteiger partial charge in [-0.15, -0.1) is 0 Å². The molecule has 18 heavy (non-hydrogen) atoms. The number of hydrogen-bond acceptors (Lipinski definition) is 5. The van der Waals surface area contributed by atoms with Crippen LogP contribution >= 0.6 is 0 Å². The number of aromatic nitrogens is 2. The molecule has 0 aromatic carbocycles. The fourth-order valence-electron chi connectivity index (χ4n) is 2.02. The summed E-state index contributed by atoms with van der Waals surface area (Å²) in [5, 5.41) is 0. The summed E-state index contributed by atoms with van der Waals surface area (Å²) in [5.41, 5.74) is 5.86. The number of nitrogens with zero attached hydrogens (tertiary/aromatic N) is 2. The molecule has 0 radical (unpaired) electrons.